The molecule has 0 fully saturated rings. The van der Waals surface area contributed by atoms with Gasteiger partial charge in [0, 0.05) is 17.8 Å². The first-order valence-corrected chi connectivity index (χ1v) is 9.79. The Kier molecular flexibility index (Phi) is 6.41. The second kappa shape index (κ2) is 8.97. The van der Waals surface area contributed by atoms with Gasteiger partial charge in [0.2, 0.25) is 5.91 Å². The van der Waals surface area contributed by atoms with Crippen LogP contribution in [0.15, 0.2) is 53.7 Å². The van der Waals surface area contributed by atoms with Gasteiger partial charge in [-0.05, 0) is 54.4 Å². The largest absolute Gasteiger partial charge is 0.355 e. The number of nitrogens with zero attached hydrogens (tertiary/aromatic N) is 3. The topological polar surface area (TPSA) is 59.8 Å². The van der Waals surface area contributed by atoms with Gasteiger partial charge in [0.15, 0.2) is 11.0 Å². The van der Waals surface area contributed by atoms with E-state index in [1.165, 1.54) is 36.0 Å². The number of carbonyl (C=O) groups is 1. The molecule has 0 spiro atoms. The van der Waals surface area contributed by atoms with Crippen molar-refractivity contribution in [2.24, 2.45) is 5.92 Å². The van der Waals surface area contributed by atoms with E-state index in [9.17, 15) is 13.6 Å². The van der Waals surface area contributed by atoms with Crippen molar-refractivity contribution >= 4 is 17.7 Å². The third-order valence-corrected chi connectivity index (χ3v) is 4.79. The summed E-state index contributed by atoms with van der Waals surface area (Å²) < 4.78 is 28.4. The molecule has 0 bridgehead atoms. The summed E-state index contributed by atoms with van der Waals surface area (Å²) >= 11 is 1.23. The molecule has 28 heavy (non-hydrogen) atoms. The van der Waals surface area contributed by atoms with Crippen molar-refractivity contribution in [1.82, 2.24) is 20.1 Å². The minimum atomic E-state index is -0.359. The number of nitrogens with one attached hydrogen (secondary N) is 1. The van der Waals surface area contributed by atoms with Crippen molar-refractivity contribution in [3.8, 4) is 17.1 Å². The molecule has 0 saturated carbocycles. The maximum absolute atomic E-state index is 13.4. The number of thioether (sulfide) groups is 1. The maximum atomic E-state index is 13.4. The van der Waals surface area contributed by atoms with E-state index in [1.807, 2.05) is 13.8 Å². The normalized spacial score (nSPS) is 11.0. The highest BCUT2D eigenvalue weighted by atomic mass is 32.2. The summed E-state index contributed by atoms with van der Waals surface area (Å²) in [6.07, 6.45) is 0. The second-order valence-corrected chi connectivity index (χ2v) is 7.55. The minimum Gasteiger partial charge on any atom is -0.355 e. The van der Waals surface area contributed by atoms with Gasteiger partial charge in [0.25, 0.3) is 0 Å². The number of hydrogen-bond acceptors (Lipinski definition) is 4. The van der Waals surface area contributed by atoms with Crippen molar-refractivity contribution in [3.63, 3.8) is 0 Å². The van der Waals surface area contributed by atoms with E-state index in [0.717, 1.165) is 0 Å². The molecule has 1 heterocycles. The van der Waals surface area contributed by atoms with Crippen molar-refractivity contribution < 1.29 is 13.6 Å². The summed E-state index contributed by atoms with van der Waals surface area (Å²) in [7, 11) is 0. The predicted molar refractivity (Wildman–Crippen MR) is 105 cm³/mol. The molecule has 0 atom stereocenters. The van der Waals surface area contributed by atoms with E-state index >= 15 is 0 Å². The molecule has 0 saturated heterocycles. The first kappa shape index (κ1) is 20.0. The van der Waals surface area contributed by atoms with Gasteiger partial charge < -0.3 is 5.32 Å². The van der Waals surface area contributed by atoms with Crippen LogP contribution < -0.4 is 5.32 Å². The van der Waals surface area contributed by atoms with E-state index in [1.54, 1.807) is 28.8 Å². The fraction of sp³-hybridized carbons (Fsp3) is 0.250. The Morgan fingerprint density at radius 1 is 1.04 bits per heavy atom. The zero-order valence-corrected chi connectivity index (χ0v) is 16.3. The molecule has 3 aromatic rings. The first-order valence-electron chi connectivity index (χ1n) is 8.81. The summed E-state index contributed by atoms with van der Waals surface area (Å²) in [4.78, 5) is 12.0. The third kappa shape index (κ3) is 4.95. The smallest absolute Gasteiger partial charge is 0.230 e. The Morgan fingerprint density at radius 2 is 1.64 bits per heavy atom. The van der Waals surface area contributed by atoms with E-state index in [-0.39, 0.29) is 23.3 Å². The predicted octanol–water partition coefficient (Wildman–Crippen LogP) is 4.08. The van der Waals surface area contributed by atoms with Crippen molar-refractivity contribution in [2.75, 3.05) is 12.3 Å². The lowest BCUT2D eigenvalue weighted by atomic mass is 10.2. The molecule has 1 N–H and O–H groups in total. The average molecular weight is 402 g/mol. The summed E-state index contributed by atoms with van der Waals surface area (Å²) in [5, 5.41) is 11.7. The van der Waals surface area contributed by atoms with Crippen LogP contribution in [-0.4, -0.2) is 33.0 Å². The number of benzene rings is 2. The highest BCUT2D eigenvalue weighted by molar-refractivity contribution is 7.99. The lowest BCUT2D eigenvalue weighted by Gasteiger charge is -2.11. The fourth-order valence-corrected chi connectivity index (χ4v) is 3.25. The Labute approximate surface area is 166 Å². The van der Waals surface area contributed by atoms with Crippen LogP contribution in [0, 0.1) is 17.6 Å². The number of aromatic nitrogens is 3. The minimum absolute atomic E-state index is 0.101. The van der Waals surface area contributed by atoms with E-state index in [2.05, 4.69) is 15.5 Å². The SMILES string of the molecule is CC(C)CNC(=O)CSc1nnc(-c2ccc(F)cc2)n1-c1ccc(F)cc1. The maximum Gasteiger partial charge on any atom is 0.230 e. The monoisotopic (exact) mass is 402 g/mol. The van der Waals surface area contributed by atoms with Crippen LogP contribution in [0.3, 0.4) is 0 Å². The standard InChI is InChI=1S/C20H20F2N4OS/c1-13(2)11-23-18(27)12-28-20-25-24-19(14-3-5-15(21)6-4-14)26(20)17-9-7-16(22)8-10-17/h3-10,13H,11-12H2,1-2H3,(H,23,27). The molecular formula is C20H20F2N4OS. The van der Waals surface area contributed by atoms with Gasteiger partial charge in [-0.1, -0.05) is 25.6 Å². The van der Waals surface area contributed by atoms with Crippen LogP contribution in [0.5, 0.6) is 0 Å². The van der Waals surface area contributed by atoms with Gasteiger partial charge in [0.05, 0.1) is 5.75 Å². The molecule has 3 rings (SSSR count). The highest BCUT2D eigenvalue weighted by Gasteiger charge is 2.17. The summed E-state index contributed by atoms with van der Waals surface area (Å²) in [5.74, 6) is 0.208. The molecule has 0 radical (unpaired) electrons. The molecule has 2 aromatic carbocycles. The molecule has 8 heteroatoms. The number of amides is 1. The molecule has 0 aliphatic heterocycles. The lowest BCUT2D eigenvalue weighted by Crippen LogP contribution is -2.28. The van der Waals surface area contributed by atoms with E-state index in [4.69, 9.17) is 0 Å². The van der Waals surface area contributed by atoms with Crippen molar-refractivity contribution in [2.45, 2.75) is 19.0 Å². The van der Waals surface area contributed by atoms with Crippen LogP contribution in [0.1, 0.15) is 13.8 Å². The number of rotatable bonds is 7. The molecular weight excluding hydrogens is 382 g/mol. The molecule has 1 amide bonds. The molecule has 146 valence electrons. The van der Waals surface area contributed by atoms with Gasteiger partial charge in [0.1, 0.15) is 11.6 Å². The molecule has 0 unspecified atom stereocenters. The second-order valence-electron chi connectivity index (χ2n) is 6.61. The van der Waals surface area contributed by atoms with Crippen LogP contribution >= 0.6 is 11.8 Å². The Morgan fingerprint density at radius 3 is 2.25 bits per heavy atom. The number of carbonyl (C=O) groups excluding carboxylic acids is 1. The van der Waals surface area contributed by atoms with E-state index < -0.39 is 0 Å². The molecule has 0 aliphatic carbocycles. The summed E-state index contributed by atoms with van der Waals surface area (Å²) in [6.45, 7) is 4.64. The van der Waals surface area contributed by atoms with Crippen LogP contribution in [0.25, 0.3) is 17.1 Å². The van der Waals surface area contributed by atoms with Gasteiger partial charge in [-0.15, -0.1) is 10.2 Å². The Bertz CT molecular complexity index is 940. The number of halogens is 2. The Balaban J connectivity index is 1.90. The molecule has 1 aromatic heterocycles. The van der Waals surface area contributed by atoms with Crippen LogP contribution in [0.4, 0.5) is 8.78 Å². The lowest BCUT2D eigenvalue weighted by molar-refractivity contribution is -0.118. The fourth-order valence-electron chi connectivity index (χ4n) is 2.47. The third-order valence-electron chi connectivity index (χ3n) is 3.86. The zero-order chi connectivity index (χ0) is 20.1. The molecule has 0 aliphatic rings. The summed E-state index contributed by atoms with van der Waals surface area (Å²) in [6, 6.07) is 11.8. The van der Waals surface area contributed by atoms with Gasteiger partial charge in [-0.25, -0.2) is 8.78 Å². The quantitative estimate of drug-likeness (QED) is 0.605. The van der Waals surface area contributed by atoms with Crippen LogP contribution in [0.2, 0.25) is 0 Å². The summed E-state index contributed by atoms with van der Waals surface area (Å²) in [5.41, 5.74) is 1.31. The van der Waals surface area contributed by atoms with Gasteiger partial charge >= 0.3 is 0 Å². The highest BCUT2D eigenvalue weighted by Crippen LogP contribution is 2.28. The van der Waals surface area contributed by atoms with E-state index in [0.29, 0.717) is 34.7 Å². The Hall–Kier alpha value is -2.74. The number of hydrogen-bond donors (Lipinski definition) is 1. The average Bonchev–Trinajstić information content (AvgIpc) is 3.10. The zero-order valence-electron chi connectivity index (χ0n) is 15.5. The van der Waals surface area contributed by atoms with Gasteiger partial charge in [-0.3, -0.25) is 9.36 Å². The molecule has 5 nitrogen and oxygen atoms in total. The van der Waals surface area contributed by atoms with Gasteiger partial charge in [-0.2, -0.15) is 0 Å². The van der Waals surface area contributed by atoms with Crippen LogP contribution in [-0.2, 0) is 4.79 Å². The first-order chi connectivity index (χ1) is 13.4. The van der Waals surface area contributed by atoms with Crippen molar-refractivity contribution in [3.05, 3.63) is 60.2 Å². The van der Waals surface area contributed by atoms with Crippen molar-refractivity contribution in [1.29, 1.82) is 0 Å².